The smallest absolute Gasteiger partial charge is 0.337 e. The third-order valence-corrected chi connectivity index (χ3v) is 4.47. The Balaban J connectivity index is 1.74. The Labute approximate surface area is 147 Å². The predicted octanol–water partition coefficient (Wildman–Crippen LogP) is 3.25. The Kier molecular flexibility index (Phi) is 4.71. The number of imide groups is 1. The van der Waals surface area contributed by atoms with Crippen LogP contribution >= 0.6 is 11.8 Å². The van der Waals surface area contributed by atoms with Crippen molar-refractivity contribution >= 4 is 40.3 Å². The minimum Gasteiger partial charge on any atom is -0.465 e. The maximum atomic E-state index is 13.0. The Morgan fingerprint density at radius 3 is 2.36 bits per heavy atom. The van der Waals surface area contributed by atoms with Gasteiger partial charge in [-0.2, -0.15) is 0 Å². The minimum absolute atomic E-state index is 0.314. The molecule has 1 saturated heterocycles. The van der Waals surface area contributed by atoms with Gasteiger partial charge in [-0.05, 0) is 60.3 Å². The molecular formula is C17H13FN2O4S. The number of ether oxygens (including phenoxy) is 1. The van der Waals surface area contributed by atoms with Gasteiger partial charge < -0.3 is 10.1 Å². The summed E-state index contributed by atoms with van der Waals surface area (Å²) in [5, 5.41) is 1.69. The summed E-state index contributed by atoms with van der Waals surface area (Å²) < 4.78 is 17.6. The van der Waals surface area contributed by atoms with Crippen LogP contribution in [0.4, 0.5) is 20.6 Å². The number of carbonyl (C=O) groups is 3. The molecule has 25 heavy (non-hydrogen) atoms. The minimum atomic E-state index is -0.804. The molecule has 0 saturated carbocycles. The summed E-state index contributed by atoms with van der Waals surface area (Å²) in [6.07, 6.45) is 0. The summed E-state index contributed by atoms with van der Waals surface area (Å²) >= 11 is 0.832. The third-order valence-electron chi connectivity index (χ3n) is 3.53. The van der Waals surface area contributed by atoms with Gasteiger partial charge >= 0.3 is 5.97 Å². The number of anilines is 2. The van der Waals surface area contributed by atoms with Gasteiger partial charge in [-0.3, -0.25) is 9.59 Å². The molecule has 3 rings (SSSR count). The first kappa shape index (κ1) is 17.0. The van der Waals surface area contributed by atoms with Crippen molar-refractivity contribution in [2.45, 2.75) is 5.37 Å². The van der Waals surface area contributed by atoms with Crippen LogP contribution in [0.15, 0.2) is 48.5 Å². The average Bonchev–Trinajstić information content (AvgIpc) is 2.89. The average molecular weight is 360 g/mol. The van der Waals surface area contributed by atoms with E-state index in [0.717, 1.165) is 16.7 Å². The number of halogens is 1. The fraction of sp³-hybridized carbons (Fsp3) is 0.118. The summed E-state index contributed by atoms with van der Waals surface area (Å²) in [7, 11) is 1.29. The van der Waals surface area contributed by atoms with Gasteiger partial charge in [0.2, 0.25) is 0 Å². The highest BCUT2D eigenvalue weighted by Gasteiger charge is 2.40. The highest BCUT2D eigenvalue weighted by molar-refractivity contribution is 8.16. The summed E-state index contributed by atoms with van der Waals surface area (Å²) in [5.41, 5.74) is 1.27. The van der Waals surface area contributed by atoms with Crippen LogP contribution in [-0.2, 0) is 9.53 Å². The Hall–Kier alpha value is -2.87. The van der Waals surface area contributed by atoms with E-state index in [2.05, 4.69) is 10.1 Å². The maximum Gasteiger partial charge on any atom is 0.337 e. The van der Waals surface area contributed by atoms with Gasteiger partial charge in [0.25, 0.3) is 11.1 Å². The summed E-state index contributed by atoms with van der Waals surface area (Å²) in [6, 6.07) is 11.5. The van der Waals surface area contributed by atoms with Gasteiger partial charge in [0, 0.05) is 5.69 Å². The lowest BCUT2D eigenvalue weighted by Crippen LogP contribution is -2.34. The van der Waals surface area contributed by atoms with E-state index in [0.29, 0.717) is 16.9 Å². The van der Waals surface area contributed by atoms with E-state index in [1.54, 1.807) is 24.3 Å². The van der Waals surface area contributed by atoms with E-state index >= 15 is 0 Å². The largest absolute Gasteiger partial charge is 0.465 e. The van der Waals surface area contributed by atoms with Gasteiger partial charge in [0.15, 0.2) is 5.37 Å². The predicted molar refractivity (Wildman–Crippen MR) is 92.1 cm³/mol. The lowest BCUT2D eigenvalue weighted by molar-refractivity contribution is -0.116. The van der Waals surface area contributed by atoms with Gasteiger partial charge in [0.05, 0.1) is 18.4 Å². The molecule has 0 spiro atoms. The molecule has 0 aliphatic carbocycles. The summed E-state index contributed by atoms with van der Waals surface area (Å²) in [6.45, 7) is 0. The molecule has 128 valence electrons. The quantitative estimate of drug-likeness (QED) is 0.844. The van der Waals surface area contributed by atoms with Crippen LogP contribution < -0.4 is 10.2 Å². The maximum absolute atomic E-state index is 13.0. The van der Waals surface area contributed by atoms with Crippen molar-refractivity contribution < 1.29 is 23.5 Å². The number of benzene rings is 2. The molecule has 1 fully saturated rings. The first-order valence-corrected chi connectivity index (χ1v) is 8.12. The van der Waals surface area contributed by atoms with Gasteiger partial charge in [-0.25, -0.2) is 14.1 Å². The zero-order valence-electron chi connectivity index (χ0n) is 13.1. The molecule has 0 unspecified atom stereocenters. The molecule has 8 heteroatoms. The monoisotopic (exact) mass is 360 g/mol. The number of carbonyl (C=O) groups excluding carboxylic acids is 3. The molecule has 6 nitrogen and oxygen atoms in total. The van der Waals surface area contributed by atoms with E-state index < -0.39 is 28.3 Å². The zero-order chi connectivity index (χ0) is 18.0. The Bertz CT molecular complexity index is 824. The fourth-order valence-electron chi connectivity index (χ4n) is 2.30. The first-order valence-electron chi connectivity index (χ1n) is 7.24. The molecule has 0 radical (unpaired) electrons. The number of nitrogens with zero attached hydrogens (tertiary/aromatic N) is 1. The number of amides is 2. The second-order valence-electron chi connectivity index (χ2n) is 5.13. The SMILES string of the molecule is COC(=O)c1ccc(N[C@H]2SC(=O)N(c3ccc(F)cc3)C2=O)cc1. The fourth-order valence-corrected chi connectivity index (χ4v) is 3.20. The Morgan fingerprint density at radius 1 is 1.12 bits per heavy atom. The number of esters is 1. The van der Waals surface area contributed by atoms with Crippen molar-refractivity contribution in [2.24, 2.45) is 0 Å². The van der Waals surface area contributed by atoms with Crippen LogP contribution in [0.2, 0.25) is 0 Å². The summed E-state index contributed by atoms with van der Waals surface area (Å²) in [5.74, 6) is -1.36. The van der Waals surface area contributed by atoms with E-state index in [1.807, 2.05) is 0 Å². The third kappa shape index (κ3) is 3.48. The van der Waals surface area contributed by atoms with E-state index in [-0.39, 0.29) is 0 Å². The van der Waals surface area contributed by atoms with Crippen LogP contribution in [0.3, 0.4) is 0 Å². The molecule has 2 aromatic rings. The van der Waals surface area contributed by atoms with Crippen LogP contribution in [0, 0.1) is 5.82 Å². The number of hydrogen-bond donors (Lipinski definition) is 1. The van der Waals surface area contributed by atoms with E-state index in [9.17, 15) is 18.8 Å². The van der Waals surface area contributed by atoms with Gasteiger partial charge in [-0.1, -0.05) is 0 Å². The van der Waals surface area contributed by atoms with Gasteiger partial charge in [0.1, 0.15) is 5.82 Å². The molecule has 1 aliphatic rings. The van der Waals surface area contributed by atoms with Crippen molar-refractivity contribution in [1.29, 1.82) is 0 Å². The molecule has 1 atom stereocenters. The van der Waals surface area contributed by atoms with Crippen LogP contribution in [0.1, 0.15) is 10.4 Å². The lowest BCUT2D eigenvalue weighted by atomic mass is 10.2. The van der Waals surface area contributed by atoms with Crippen molar-refractivity contribution in [3.8, 4) is 0 Å². The van der Waals surface area contributed by atoms with E-state index in [1.165, 1.54) is 31.4 Å². The van der Waals surface area contributed by atoms with E-state index in [4.69, 9.17) is 0 Å². The number of thioether (sulfide) groups is 1. The molecule has 1 aliphatic heterocycles. The lowest BCUT2D eigenvalue weighted by Gasteiger charge is -2.15. The Morgan fingerprint density at radius 2 is 1.76 bits per heavy atom. The van der Waals surface area contributed by atoms with Crippen LogP contribution in [0.25, 0.3) is 0 Å². The highest BCUT2D eigenvalue weighted by Crippen LogP contribution is 2.32. The normalized spacial score (nSPS) is 16.9. The van der Waals surface area contributed by atoms with Crippen molar-refractivity contribution in [3.63, 3.8) is 0 Å². The molecular weight excluding hydrogens is 347 g/mol. The molecule has 1 N–H and O–H groups in total. The molecule has 2 amide bonds. The van der Waals surface area contributed by atoms with Crippen molar-refractivity contribution in [1.82, 2.24) is 0 Å². The van der Waals surface area contributed by atoms with Gasteiger partial charge in [-0.15, -0.1) is 0 Å². The van der Waals surface area contributed by atoms with Crippen molar-refractivity contribution in [3.05, 3.63) is 59.9 Å². The van der Waals surface area contributed by atoms with Crippen LogP contribution in [0.5, 0.6) is 0 Å². The second kappa shape index (κ2) is 6.94. The molecule has 1 heterocycles. The standard InChI is InChI=1S/C17H13FN2O4S/c1-24-16(22)10-2-6-12(7-3-10)19-14-15(21)20(17(23)25-14)13-8-4-11(18)5-9-13/h2-9,14,19H,1H3/t14-/m0/s1. The summed E-state index contributed by atoms with van der Waals surface area (Å²) in [4.78, 5) is 37.0. The molecule has 2 aromatic carbocycles. The molecule has 0 aromatic heterocycles. The van der Waals surface area contributed by atoms with Crippen LogP contribution in [-0.4, -0.2) is 29.6 Å². The first-order chi connectivity index (χ1) is 12.0. The number of methoxy groups -OCH3 is 1. The number of nitrogens with one attached hydrogen (secondary N) is 1. The topological polar surface area (TPSA) is 75.7 Å². The molecule has 0 bridgehead atoms. The second-order valence-corrected chi connectivity index (χ2v) is 6.18. The van der Waals surface area contributed by atoms with Crippen molar-refractivity contribution in [2.75, 3.05) is 17.3 Å². The number of rotatable bonds is 4. The highest BCUT2D eigenvalue weighted by atomic mass is 32.2. The number of hydrogen-bond acceptors (Lipinski definition) is 6. The zero-order valence-corrected chi connectivity index (χ0v) is 13.9.